The van der Waals surface area contributed by atoms with E-state index in [-0.39, 0.29) is 6.10 Å². The summed E-state index contributed by atoms with van der Waals surface area (Å²) in [6, 6.07) is 0. The zero-order chi connectivity index (χ0) is 14.6. The quantitative estimate of drug-likeness (QED) is 0.576. The number of aliphatic hydroxyl groups is 1. The Morgan fingerprint density at radius 1 is 1.30 bits per heavy atom. The molecule has 3 atom stereocenters. The fraction of sp³-hybridized carbons (Fsp3) is 1.00. The van der Waals surface area contributed by atoms with Gasteiger partial charge in [0.25, 0.3) is 0 Å². The van der Waals surface area contributed by atoms with E-state index in [1.165, 1.54) is 44.3 Å². The highest BCUT2D eigenvalue weighted by atomic mass is 32.2. The van der Waals surface area contributed by atoms with Gasteiger partial charge in [-0.25, -0.2) is 0 Å². The average Bonchev–Trinajstić information content (AvgIpc) is 2.44. The lowest BCUT2D eigenvalue weighted by molar-refractivity contribution is -0.0305. The van der Waals surface area contributed by atoms with Gasteiger partial charge in [0.1, 0.15) is 0 Å². The van der Waals surface area contributed by atoms with Crippen LogP contribution in [0.4, 0.5) is 0 Å². The zero-order valence-corrected chi connectivity index (χ0v) is 14.1. The normalized spacial score (nSPS) is 24.8. The van der Waals surface area contributed by atoms with Gasteiger partial charge in [-0.05, 0) is 50.2 Å². The van der Waals surface area contributed by atoms with Gasteiger partial charge in [0.15, 0.2) is 0 Å². The molecule has 20 heavy (non-hydrogen) atoms. The van der Waals surface area contributed by atoms with Crippen molar-refractivity contribution in [2.45, 2.75) is 64.1 Å². The summed E-state index contributed by atoms with van der Waals surface area (Å²) >= 11 is 1.91. The van der Waals surface area contributed by atoms with Gasteiger partial charge in [0.2, 0.25) is 0 Å². The third kappa shape index (κ3) is 9.22. The number of thioether (sulfide) groups is 1. The number of ether oxygens (including phenoxy) is 1. The van der Waals surface area contributed by atoms with Crippen LogP contribution >= 0.6 is 11.8 Å². The van der Waals surface area contributed by atoms with E-state index in [0.717, 1.165) is 18.9 Å². The molecule has 0 aliphatic heterocycles. The van der Waals surface area contributed by atoms with Gasteiger partial charge in [-0.1, -0.05) is 26.2 Å². The van der Waals surface area contributed by atoms with Crippen molar-refractivity contribution < 1.29 is 9.84 Å². The first-order valence-corrected chi connectivity index (χ1v) is 9.61. The lowest BCUT2D eigenvalue weighted by atomic mass is 9.89. The lowest BCUT2D eigenvalue weighted by Gasteiger charge is -2.27. The Bertz CT molecular complexity index is 229. The molecule has 3 nitrogen and oxygen atoms in total. The smallest absolute Gasteiger partial charge is 0.0897 e. The molecule has 0 saturated heterocycles. The van der Waals surface area contributed by atoms with Crippen LogP contribution in [0.5, 0.6) is 0 Å². The minimum atomic E-state index is -0.363. The maximum atomic E-state index is 9.90. The number of unbranched alkanes of at least 4 members (excludes halogenated alkanes) is 2. The summed E-state index contributed by atoms with van der Waals surface area (Å²) in [7, 11) is 0. The minimum Gasteiger partial charge on any atom is -0.389 e. The molecule has 2 N–H and O–H groups in total. The summed E-state index contributed by atoms with van der Waals surface area (Å²) in [5, 5.41) is 13.2. The van der Waals surface area contributed by atoms with Crippen LogP contribution in [0.1, 0.15) is 51.9 Å². The highest BCUT2D eigenvalue weighted by Gasteiger charge is 2.20. The lowest BCUT2D eigenvalue weighted by Crippen LogP contribution is -2.33. The third-order valence-electron chi connectivity index (χ3n) is 3.99. The molecule has 4 heteroatoms. The summed E-state index contributed by atoms with van der Waals surface area (Å²) in [5.74, 6) is 2.04. The van der Waals surface area contributed by atoms with Crippen molar-refractivity contribution in [3.63, 3.8) is 0 Å². The maximum absolute atomic E-state index is 9.90. The fourth-order valence-electron chi connectivity index (χ4n) is 2.78. The largest absolute Gasteiger partial charge is 0.389 e. The molecule has 3 unspecified atom stereocenters. The second-order valence-corrected chi connectivity index (χ2v) is 7.12. The number of hydrogen-bond donors (Lipinski definition) is 2. The van der Waals surface area contributed by atoms with Gasteiger partial charge in [0, 0.05) is 6.54 Å². The van der Waals surface area contributed by atoms with E-state index in [1.807, 2.05) is 11.8 Å². The van der Waals surface area contributed by atoms with Crippen LogP contribution in [0, 0.1) is 5.92 Å². The van der Waals surface area contributed by atoms with E-state index in [9.17, 15) is 5.11 Å². The van der Waals surface area contributed by atoms with E-state index in [1.54, 1.807) is 0 Å². The highest BCUT2D eigenvalue weighted by molar-refractivity contribution is 7.98. The molecule has 0 aromatic carbocycles. The van der Waals surface area contributed by atoms with Crippen molar-refractivity contribution >= 4 is 11.8 Å². The van der Waals surface area contributed by atoms with Crippen LogP contribution in [0.15, 0.2) is 0 Å². The SMILES string of the molecule is CSCCCCCNCC(O)COC1CCCC(C)C1. The maximum Gasteiger partial charge on any atom is 0.0897 e. The van der Waals surface area contributed by atoms with Crippen LogP contribution in [0.2, 0.25) is 0 Å². The van der Waals surface area contributed by atoms with E-state index >= 15 is 0 Å². The first-order chi connectivity index (χ1) is 9.72. The topological polar surface area (TPSA) is 41.5 Å². The molecule has 120 valence electrons. The molecule has 1 fully saturated rings. The molecule has 1 rings (SSSR count). The fourth-order valence-corrected chi connectivity index (χ4v) is 3.27. The Morgan fingerprint density at radius 2 is 2.15 bits per heavy atom. The summed E-state index contributed by atoms with van der Waals surface area (Å²) in [5.41, 5.74) is 0. The van der Waals surface area contributed by atoms with Crippen molar-refractivity contribution in [1.82, 2.24) is 5.32 Å². The molecule has 0 aromatic rings. The summed E-state index contributed by atoms with van der Waals surface area (Å²) in [6.07, 6.45) is 10.9. The molecular weight excluding hydrogens is 270 g/mol. The molecule has 0 bridgehead atoms. The van der Waals surface area contributed by atoms with E-state index in [2.05, 4.69) is 18.5 Å². The van der Waals surface area contributed by atoms with Crippen molar-refractivity contribution in [3.05, 3.63) is 0 Å². The van der Waals surface area contributed by atoms with Crippen molar-refractivity contribution in [2.24, 2.45) is 5.92 Å². The molecule has 0 amide bonds. The van der Waals surface area contributed by atoms with Crippen LogP contribution in [-0.2, 0) is 4.74 Å². The third-order valence-corrected chi connectivity index (χ3v) is 4.69. The standard InChI is InChI=1S/C16H33NO2S/c1-14-7-6-8-16(11-14)19-13-15(18)12-17-9-4-3-5-10-20-2/h14-18H,3-13H2,1-2H3. The van der Waals surface area contributed by atoms with Crippen molar-refractivity contribution in [3.8, 4) is 0 Å². The van der Waals surface area contributed by atoms with E-state index in [4.69, 9.17) is 4.74 Å². The van der Waals surface area contributed by atoms with Gasteiger partial charge in [-0.2, -0.15) is 11.8 Å². The molecule has 0 heterocycles. The van der Waals surface area contributed by atoms with Crippen LogP contribution in [-0.4, -0.2) is 49.0 Å². The molecule has 0 radical (unpaired) electrons. The van der Waals surface area contributed by atoms with Crippen molar-refractivity contribution in [2.75, 3.05) is 31.7 Å². The number of nitrogens with one attached hydrogen (secondary N) is 1. The van der Waals surface area contributed by atoms with Crippen LogP contribution in [0.3, 0.4) is 0 Å². The van der Waals surface area contributed by atoms with Crippen LogP contribution < -0.4 is 5.32 Å². The molecule has 0 spiro atoms. The summed E-state index contributed by atoms with van der Waals surface area (Å²) in [6.45, 7) is 4.44. The zero-order valence-electron chi connectivity index (χ0n) is 13.3. The van der Waals surface area contributed by atoms with E-state index < -0.39 is 0 Å². The molecule has 0 aromatic heterocycles. The molecular formula is C16H33NO2S. The predicted molar refractivity (Wildman–Crippen MR) is 88.5 cm³/mol. The second kappa shape index (κ2) is 11.8. The number of hydrogen-bond acceptors (Lipinski definition) is 4. The van der Waals surface area contributed by atoms with Gasteiger partial charge < -0.3 is 15.2 Å². The summed E-state index contributed by atoms with van der Waals surface area (Å²) < 4.78 is 5.83. The van der Waals surface area contributed by atoms with Gasteiger partial charge >= 0.3 is 0 Å². The molecule has 1 saturated carbocycles. The van der Waals surface area contributed by atoms with Gasteiger partial charge in [-0.3, -0.25) is 0 Å². The minimum absolute atomic E-state index is 0.363. The number of aliphatic hydroxyl groups excluding tert-OH is 1. The van der Waals surface area contributed by atoms with Crippen molar-refractivity contribution in [1.29, 1.82) is 0 Å². The Labute approximate surface area is 129 Å². The van der Waals surface area contributed by atoms with E-state index in [0.29, 0.717) is 19.3 Å². The predicted octanol–water partition coefficient (Wildman–Crippen LogP) is 3.07. The molecule has 1 aliphatic carbocycles. The van der Waals surface area contributed by atoms with Gasteiger partial charge in [-0.15, -0.1) is 0 Å². The Kier molecular flexibility index (Phi) is 10.8. The summed E-state index contributed by atoms with van der Waals surface area (Å²) in [4.78, 5) is 0. The first-order valence-electron chi connectivity index (χ1n) is 8.21. The second-order valence-electron chi connectivity index (χ2n) is 6.14. The first kappa shape index (κ1) is 18.3. The Balaban J connectivity index is 1.91. The van der Waals surface area contributed by atoms with Gasteiger partial charge in [0.05, 0.1) is 18.8 Å². The monoisotopic (exact) mass is 303 g/mol. The van der Waals surface area contributed by atoms with Crippen LogP contribution in [0.25, 0.3) is 0 Å². The molecule has 1 aliphatic rings. The Morgan fingerprint density at radius 3 is 2.90 bits per heavy atom. The average molecular weight is 304 g/mol. The highest BCUT2D eigenvalue weighted by Crippen LogP contribution is 2.25. The Hall–Kier alpha value is 0.230. The number of rotatable bonds is 11.